The summed E-state index contributed by atoms with van der Waals surface area (Å²) in [7, 11) is 0. The summed E-state index contributed by atoms with van der Waals surface area (Å²) in [5.41, 5.74) is 6.81. The number of amidine groups is 1. The van der Waals surface area contributed by atoms with Crippen LogP contribution in [0.4, 0.5) is 17.2 Å². The van der Waals surface area contributed by atoms with Crippen LogP contribution in [0.5, 0.6) is 0 Å². The van der Waals surface area contributed by atoms with Crippen molar-refractivity contribution in [3.05, 3.63) is 40.1 Å². The average molecular weight is 347 g/mol. The van der Waals surface area contributed by atoms with E-state index in [0.29, 0.717) is 19.6 Å². The van der Waals surface area contributed by atoms with Crippen LogP contribution in [0.25, 0.3) is 0 Å². The van der Waals surface area contributed by atoms with Crippen molar-refractivity contribution in [3.63, 3.8) is 0 Å². The van der Waals surface area contributed by atoms with Gasteiger partial charge in [0.1, 0.15) is 0 Å². The number of nitrogens with zero attached hydrogens (tertiary/aromatic N) is 6. The van der Waals surface area contributed by atoms with E-state index >= 15 is 0 Å². The Balaban J connectivity index is 1.74. The number of nitro groups is 1. The lowest BCUT2D eigenvalue weighted by atomic mass is 10.1. The van der Waals surface area contributed by atoms with Crippen LogP contribution in [-0.4, -0.2) is 56.9 Å². The van der Waals surface area contributed by atoms with Gasteiger partial charge in [-0.05, 0) is 29.4 Å². The lowest BCUT2D eigenvalue weighted by molar-refractivity contribution is -0.384. The molecule has 1 fully saturated rings. The van der Waals surface area contributed by atoms with Crippen molar-refractivity contribution in [1.82, 2.24) is 15.2 Å². The van der Waals surface area contributed by atoms with E-state index in [-0.39, 0.29) is 29.1 Å². The molecule has 132 valence electrons. The van der Waals surface area contributed by atoms with Gasteiger partial charge in [-0.15, -0.1) is 0 Å². The number of aromatic nitrogens is 2. The van der Waals surface area contributed by atoms with Crippen molar-refractivity contribution in [2.24, 2.45) is 5.16 Å². The van der Waals surface area contributed by atoms with E-state index in [1.165, 1.54) is 12.1 Å². The molecular weight excluding hydrogens is 330 g/mol. The summed E-state index contributed by atoms with van der Waals surface area (Å²) in [6, 6.07) is 6.39. The highest BCUT2D eigenvalue weighted by Gasteiger charge is 2.30. The zero-order chi connectivity index (χ0) is 18.0. The monoisotopic (exact) mass is 347 g/mol. The molecule has 1 unspecified atom stereocenters. The maximum atomic E-state index is 10.8. The molecule has 1 aromatic heterocycles. The number of nitrogens with two attached hydrogens (primary N) is 1. The third-order valence-corrected chi connectivity index (χ3v) is 4.15. The predicted octanol–water partition coefficient (Wildman–Crippen LogP) is 0.907. The molecule has 0 spiro atoms. The lowest BCUT2D eigenvalue weighted by Gasteiger charge is -2.41. The Morgan fingerprint density at radius 2 is 2.12 bits per heavy atom. The van der Waals surface area contributed by atoms with Gasteiger partial charge in [0.2, 0.25) is 5.84 Å². The van der Waals surface area contributed by atoms with E-state index in [2.05, 4.69) is 25.0 Å². The summed E-state index contributed by atoms with van der Waals surface area (Å²) in [4.78, 5) is 14.3. The van der Waals surface area contributed by atoms with Crippen LogP contribution in [-0.2, 0) is 0 Å². The Labute approximate surface area is 142 Å². The van der Waals surface area contributed by atoms with Crippen LogP contribution < -0.4 is 10.6 Å². The second-order valence-electron chi connectivity index (χ2n) is 5.68. The number of benzene rings is 1. The van der Waals surface area contributed by atoms with Crippen molar-refractivity contribution in [2.45, 2.75) is 13.0 Å². The highest BCUT2D eigenvalue weighted by molar-refractivity contribution is 6.00. The van der Waals surface area contributed by atoms with Gasteiger partial charge in [-0.2, -0.15) is 0 Å². The first-order valence-electron chi connectivity index (χ1n) is 7.57. The van der Waals surface area contributed by atoms with E-state index in [4.69, 9.17) is 5.73 Å². The molecule has 3 rings (SSSR count). The molecule has 11 nitrogen and oxygen atoms in total. The molecule has 2 aromatic rings. The first-order valence-corrected chi connectivity index (χ1v) is 7.57. The fraction of sp³-hybridized carbons (Fsp3) is 0.357. The predicted molar refractivity (Wildman–Crippen MR) is 88.5 cm³/mol. The Morgan fingerprint density at radius 1 is 1.40 bits per heavy atom. The van der Waals surface area contributed by atoms with Crippen molar-refractivity contribution in [3.8, 4) is 0 Å². The molecule has 11 heteroatoms. The number of nitrogen functional groups attached to an aromatic ring is 1. The number of hydrogen-bond acceptors (Lipinski definition) is 9. The summed E-state index contributed by atoms with van der Waals surface area (Å²) in [6.07, 6.45) is 0. The third-order valence-electron chi connectivity index (χ3n) is 4.15. The Kier molecular flexibility index (Phi) is 4.37. The zero-order valence-electron chi connectivity index (χ0n) is 13.4. The molecule has 0 saturated carbocycles. The normalized spacial score (nSPS) is 18.4. The molecule has 1 atom stereocenters. The Morgan fingerprint density at radius 3 is 2.64 bits per heavy atom. The maximum Gasteiger partial charge on any atom is 0.269 e. The second kappa shape index (κ2) is 6.63. The van der Waals surface area contributed by atoms with Crippen LogP contribution in [0.3, 0.4) is 0 Å². The van der Waals surface area contributed by atoms with E-state index in [1.54, 1.807) is 12.1 Å². The van der Waals surface area contributed by atoms with E-state index < -0.39 is 4.92 Å². The highest BCUT2D eigenvalue weighted by Crippen LogP contribution is 2.23. The van der Waals surface area contributed by atoms with Crippen molar-refractivity contribution in [2.75, 3.05) is 30.3 Å². The number of rotatable bonds is 3. The van der Waals surface area contributed by atoms with E-state index in [0.717, 1.165) is 5.69 Å². The maximum absolute atomic E-state index is 10.8. The quantitative estimate of drug-likeness (QED) is 0.272. The summed E-state index contributed by atoms with van der Waals surface area (Å²) in [6.45, 7) is 3.77. The molecular formula is C14H17N7O4. The van der Waals surface area contributed by atoms with E-state index in [1.807, 2.05) is 11.8 Å². The first-order chi connectivity index (χ1) is 12.0. The molecule has 0 amide bonds. The summed E-state index contributed by atoms with van der Waals surface area (Å²) in [5.74, 6) is 0.257. The van der Waals surface area contributed by atoms with Crippen molar-refractivity contribution >= 4 is 23.0 Å². The molecule has 1 aromatic carbocycles. The van der Waals surface area contributed by atoms with Crippen LogP contribution in [0.15, 0.2) is 34.1 Å². The van der Waals surface area contributed by atoms with E-state index in [9.17, 15) is 15.3 Å². The zero-order valence-corrected chi connectivity index (χ0v) is 13.4. The molecule has 1 aliphatic rings. The summed E-state index contributed by atoms with van der Waals surface area (Å²) < 4.78 is 4.57. The third kappa shape index (κ3) is 3.16. The van der Waals surface area contributed by atoms with Gasteiger partial charge < -0.3 is 20.7 Å². The van der Waals surface area contributed by atoms with Gasteiger partial charge in [-0.3, -0.25) is 10.1 Å². The summed E-state index contributed by atoms with van der Waals surface area (Å²) >= 11 is 0. The smallest absolute Gasteiger partial charge is 0.269 e. The van der Waals surface area contributed by atoms with Gasteiger partial charge in [0, 0.05) is 43.5 Å². The van der Waals surface area contributed by atoms with Crippen LogP contribution in [0.1, 0.15) is 12.6 Å². The minimum Gasteiger partial charge on any atom is -0.409 e. The molecule has 0 radical (unpaired) electrons. The summed E-state index contributed by atoms with van der Waals surface area (Å²) in [5, 5.41) is 30.6. The Bertz CT molecular complexity index is 789. The van der Waals surface area contributed by atoms with Crippen molar-refractivity contribution in [1.29, 1.82) is 0 Å². The highest BCUT2D eigenvalue weighted by atomic mass is 16.6. The molecule has 2 heterocycles. The number of hydrogen-bond donors (Lipinski definition) is 2. The van der Waals surface area contributed by atoms with Gasteiger partial charge in [0.25, 0.3) is 5.69 Å². The van der Waals surface area contributed by atoms with Crippen LogP contribution in [0, 0.1) is 10.1 Å². The number of anilines is 2. The molecule has 3 N–H and O–H groups in total. The van der Waals surface area contributed by atoms with Gasteiger partial charge in [0.05, 0.1) is 4.92 Å². The van der Waals surface area contributed by atoms with Gasteiger partial charge in [-0.25, -0.2) is 4.63 Å². The second-order valence-corrected chi connectivity index (χ2v) is 5.68. The van der Waals surface area contributed by atoms with Crippen molar-refractivity contribution < 1.29 is 14.8 Å². The SMILES string of the molecule is CC1CN(c2ccc([N+](=O)[O-])cc2)CCN1C(=NO)c1nonc1N. The fourth-order valence-electron chi connectivity index (χ4n) is 2.88. The first kappa shape index (κ1) is 16.5. The number of piperazine rings is 1. The van der Waals surface area contributed by atoms with Crippen LogP contribution >= 0.6 is 0 Å². The number of non-ortho nitro benzene ring substituents is 1. The molecule has 1 aliphatic heterocycles. The van der Waals surface area contributed by atoms with Gasteiger partial charge in [0.15, 0.2) is 11.5 Å². The minimum absolute atomic E-state index is 0.0223. The number of oxime groups is 1. The molecule has 1 saturated heterocycles. The van der Waals surface area contributed by atoms with Crippen LogP contribution in [0.2, 0.25) is 0 Å². The molecule has 0 bridgehead atoms. The largest absolute Gasteiger partial charge is 0.409 e. The average Bonchev–Trinajstić information content (AvgIpc) is 3.03. The minimum atomic E-state index is -0.426. The lowest BCUT2D eigenvalue weighted by Crippen LogP contribution is -2.54. The molecule has 0 aliphatic carbocycles. The molecule has 25 heavy (non-hydrogen) atoms. The van der Waals surface area contributed by atoms with Gasteiger partial charge >= 0.3 is 0 Å². The Hall–Kier alpha value is -3.37. The van der Waals surface area contributed by atoms with Gasteiger partial charge in [-0.1, -0.05) is 5.16 Å². The fourth-order valence-corrected chi connectivity index (χ4v) is 2.88. The standard InChI is InChI=1S/C14H17N7O4/c1-9-8-19(10-2-4-11(5-3-10)21(23)24)6-7-20(9)14(16-22)12-13(15)18-25-17-12/h2-5,9,22H,6-8H2,1H3,(H2,15,18). The topological polar surface area (TPSA) is 147 Å². The number of nitro benzene ring substituents is 1.